The first-order valence-corrected chi connectivity index (χ1v) is 42.3. The number of ether oxygens (including phenoxy) is 10. The molecule has 2 N–H and O–H groups in total. The number of aldehydes is 1. The first kappa shape index (κ1) is 89.8. The summed E-state index contributed by atoms with van der Waals surface area (Å²) in [5.74, 6) is -0.367. The second-order valence-corrected chi connectivity index (χ2v) is 30.5. The predicted octanol–water partition coefficient (Wildman–Crippen LogP) is 17.5. The Kier molecular flexibility index (Phi) is 32.0. The monoisotopic (exact) mass is 1710 g/mol. The van der Waals surface area contributed by atoms with Crippen LogP contribution in [0.15, 0.2) is 95.3 Å². The number of hydrogen-bond acceptors (Lipinski definition) is 27. The number of nitrogens with one attached hydrogen (secondary N) is 1. The second kappa shape index (κ2) is 42.3. The zero-order valence-corrected chi connectivity index (χ0v) is 72.6. The molecule has 28 heteroatoms. The number of carbonyl (C=O) groups excluding carboxylic acids is 6. The van der Waals surface area contributed by atoms with Crippen molar-refractivity contribution in [3.8, 4) is 0 Å². The lowest BCUT2D eigenvalue weighted by atomic mass is 9.98. The molecule has 0 unspecified atom stereocenters. The van der Waals surface area contributed by atoms with Gasteiger partial charge in [0.25, 0.3) is 0 Å². The van der Waals surface area contributed by atoms with Crippen molar-refractivity contribution < 1.29 is 103 Å². The predicted molar refractivity (Wildman–Crippen MR) is 460 cm³/mol. The van der Waals surface area contributed by atoms with E-state index in [4.69, 9.17) is 69.5 Å². The number of furan rings is 5. The number of halogens is 1. The molecule has 5 aromatic heterocycles. The van der Waals surface area contributed by atoms with Crippen molar-refractivity contribution in [1.29, 1.82) is 0 Å². The standard InChI is InChI=1S/C19H24BrNO4.C19H25NO5.C19H23NO5.C18H23NO4.C16H19NO4/c1-4-21(13-5-7-24-8-6-13)16-10-17-15(9-14(11-20)25-17)18(12(16)2)19(22)23-3;2*1-4-20(13-5-7-24-8-6-13)16-10-17-15(9-14(11-21)25-17)18(12(16)2)19(22)23-3;1-4-19(13-5-8-22-9-6-13)15-11-16-14(7-10-23-16)17(12(15)2)18(20)21-3;1-10-13(17-11-3-6-20-7-4-11)9-14-12(5-8-21-14)15(10)16(18)19-2/h9-10,13H,4-8,11H2,1-3H3;9-10,13,21H,4-8,11H2,1-3H3;9-11,13H,4-8H2,1-3H3;7,10-11,13H,4-6,8-9H2,1-3H3;5,8-9,11,17H,3-4,6-7H2,1-2H3. The summed E-state index contributed by atoms with van der Waals surface area (Å²) in [5.41, 5.74) is 15.4. The zero-order valence-electron chi connectivity index (χ0n) is 71.0. The van der Waals surface area contributed by atoms with E-state index in [0.717, 1.165) is 246 Å². The quantitative estimate of drug-likeness (QED) is 0.0276. The fourth-order valence-electron chi connectivity index (χ4n) is 17.3. The van der Waals surface area contributed by atoms with Crippen LogP contribution < -0.4 is 24.9 Å². The minimum absolute atomic E-state index is 0.200. The Morgan fingerprint density at radius 3 is 1.03 bits per heavy atom. The highest BCUT2D eigenvalue weighted by Gasteiger charge is 2.33. The van der Waals surface area contributed by atoms with E-state index >= 15 is 0 Å². The van der Waals surface area contributed by atoms with Gasteiger partial charge in [-0.25, -0.2) is 24.0 Å². The molecule has 10 aromatic rings. The maximum Gasteiger partial charge on any atom is 0.338 e. The largest absolute Gasteiger partial charge is 0.465 e. The van der Waals surface area contributed by atoms with E-state index in [1.807, 2.05) is 71.0 Å². The fraction of sp³-hybridized carbons (Fsp3) is 0.495. The SMILES string of the molecule is CCN(c1cc2oc(C=O)cc2c(C(=O)OC)c1C)C1CCOCC1.CCN(c1cc2oc(CBr)cc2c(C(=O)OC)c1C)C1CCOCC1.CCN(c1cc2oc(CO)cc2c(C(=O)OC)c1C)C1CCOCC1.CCN(c1cc2occc2c(C(=O)OC)c1C)C1CCOCC1.COC(=O)c1c(C)c(NC2CCOCC2)cc2occc12. The molecule has 119 heavy (non-hydrogen) atoms. The highest BCUT2D eigenvalue weighted by atomic mass is 79.9. The maximum absolute atomic E-state index is 12.5. The normalized spacial score (nSPS) is 15.6. The van der Waals surface area contributed by atoms with Crippen molar-refractivity contribution in [3.63, 3.8) is 0 Å². The average molecular weight is 1710 g/mol. The van der Waals surface area contributed by atoms with E-state index in [-0.39, 0.29) is 30.3 Å². The van der Waals surface area contributed by atoms with Crippen LogP contribution in [0.4, 0.5) is 28.4 Å². The van der Waals surface area contributed by atoms with E-state index in [1.54, 1.807) is 30.7 Å². The molecule has 0 radical (unpaired) electrons. The summed E-state index contributed by atoms with van der Waals surface area (Å²) in [6.45, 7) is 29.0. The lowest BCUT2D eigenvalue weighted by Gasteiger charge is -2.36. The summed E-state index contributed by atoms with van der Waals surface area (Å²) in [6, 6.07) is 20.7. The molecule has 5 aliphatic rings. The number of aliphatic hydroxyl groups excluding tert-OH is 1. The van der Waals surface area contributed by atoms with Crippen LogP contribution in [-0.4, -0.2) is 199 Å². The lowest BCUT2D eigenvalue weighted by molar-refractivity contribution is 0.0593. The van der Waals surface area contributed by atoms with Gasteiger partial charge in [-0.3, -0.25) is 4.79 Å². The molecule has 5 aliphatic heterocycles. The number of anilines is 5. The third-order valence-corrected chi connectivity index (χ3v) is 23.9. The molecule has 0 saturated carbocycles. The first-order chi connectivity index (χ1) is 57.7. The molecule has 0 spiro atoms. The number of benzene rings is 5. The highest BCUT2D eigenvalue weighted by Crippen LogP contribution is 2.42. The van der Waals surface area contributed by atoms with Crippen LogP contribution in [0, 0.1) is 34.6 Å². The summed E-state index contributed by atoms with van der Waals surface area (Å²) in [4.78, 5) is 82.1. The summed E-state index contributed by atoms with van der Waals surface area (Å²) < 4.78 is 80.5. The number of esters is 5. The summed E-state index contributed by atoms with van der Waals surface area (Å²) in [5, 5.41) is 17.2. The van der Waals surface area contributed by atoms with Gasteiger partial charge in [0.1, 0.15) is 46.0 Å². The lowest BCUT2D eigenvalue weighted by Crippen LogP contribution is -2.40. The van der Waals surface area contributed by atoms with Crippen molar-refractivity contribution in [3.05, 3.63) is 146 Å². The number of carbonyl (C=O) groups is 6. The molecule has 5 fully saturated rings. The van der Waals surface area contributed by atoms with Gasteiger partial charge in [0.2, 0.25) is 0 Å². The molecule has 642 valence electrons. The Morgan fingerprint density at radius 2 is 0.697 bits per heavy atom. The van der Waals surface area contributed by atoms with Gasteiger partial charge in [0.15, 0.2) is 12.0 Å². The minimum atomic E-state index is -0.425. The second-order valence-electron chi connectivity index (χ2n) is 29.9. The van der Waals surface area contributed by atoms with Crippen molar-refractivity contribution in [2.24, 2.45) is 0 Å². The molecular formula is C91H114BrN5O22. The van der Waals surface area contributed by atoms with Gasteiger partial charge >= 0.3 is 29.8 Å². The van der Waals surface area contributed by atoms with E-state index in [0.29, 0.717) is 103 Å². The van der Waals surface area contributed by atoms with Crippen LogP contribution in [0.1, 0.15) is 194 Å². The molecule has 0 aliphatic carbocycles. The van der Waals surface area contributed by atoms with Gasteiger partial charge in [0, 0.05) is 208 Å². The number of methoxy groups -OCH3 is 5. The molecule has 15 rings (SSSR count). The molecule has 0 bridgehead atoms. The van der Waals surface area contributed by atoms with Gasteiger partial charge in [-0.05, 0) is 185 Å². The number of nitrogens with zero attached hydrogens (tertiary/aromatic N) is 4. The zero-order chi connectivity index (χ0) is 85.1. The topological polar surface area (TPSA) is 306 Å². The van der Waals surface area contributed by atoms with Gasteiger partial charge < -0.3 is 99.5 Å². The first-order valence-electron chi connectivity index (χ1n) is 41.1. The van der Waals surface area contributed by atoms with Crippen molar-refractivity contribution in [1.82, 2.24) is 0 Å². The molecule has 10 heterocycles. The Balaban J connectivity index is 0.000000146. The Bertz CT molecular complexity index is 5010. The number of alkyl halides is 1. The highest BCUT2D eigenvalue weighted by molar-refractivity contribution is 9.08. The van der Waals surface area contributed by atoms with Crippen LogP contribution in [0.25, 0.3) is 54.8 Å². The number of rotatable bonds is 22. The number of hydrogen-bond donors (Lipinski definition) is 2. The summed E-state index contributed by atoms with van der Waals surface area (Å²) in [6.07, 6.45) is 13.5. The third kappa shape index (κ3) is 20.1. The molecular weight excluding hydrogens is 1590 g/mol. The van der Waals surface area contributed by atoms with E-state index < -0.39 is 11.9 Å². The molecule has 5 saturated heterocycles. The number of fused-ring (bicyclic) bond motifs is 5. The van der Waals surface area contributed by atoms with Crippen molar-refractivity contribution >= 4 is 135 Å². The van der Waals surface area contributed by atoms with Gasteiger partial charge in [-0.1, -0.05) is 15.9 Å². The smallest absolute Gasteiger partial charge is 0.338 e. The van der Waals surface area contributed by atoms with Gasteiger partial charge in [-0.15, -0.1) is 0 Å². The Labute approximate surface area is 702 Å². The van der Waals surface area contributed by atoms with E-state index in [1.165, 1.54) is 35.5 Å². The Hall–Kier alpha value is -9.94. The van der Waals surface area contributed by atoms with Crippen LogP contribution in [-0.2, 0) is 59.3 Å². The van der Waals surface area contributed by atoms with Crippen molar-refractivity contribution in [2.45, 2.75) is 169 Å². The van der Waals surface area contributed by atoms with Crippen molar-refractivity contribution in [2.75, 3.05) is 153 Å². The van der Waals surface area contributed by atoms with Crippen LogP contribution in [0.3, 0.4) is 0 Å². The average Bonchev–Trinajstić information content (AvgIpc) is 1.60. The van der Waals surface area contributed by atoms with Crippen LogP contribution >= 0.6 is 15.9 Å². The van der Waals surface area contributed by atoms with Gasteiger partial charge in [0.05, 0.1) is 81.2 Å². The third-order valence-electron chi connectivity index (χ3n) is 23.4. The minimum Gasteiger partial charge on any atom is -0.465 e. The van der Waals surface area contributed by atoms with Gasteiger partial charge in [-0.2, -0.15) is 0 Å². The fourth-order valence-corrected chi connectivity index (χ4v) is 17.5. The van der Waals surface area contributed by atoms with E-state index in [2.05, 4.69) is 74.6 Å². The molecule has 5 aromatic carbocycles. The summed E-state index contributed by atoms with van der Waals surface area (Å²) >= 11 is 3.42. The maximum atomic E-state index is 12.5. The van der Waals surface area contributed by atoms with E-state index in [9.17, 15) is 33.9 Å². The molecule has 27 nitrogen and oxygen atoms in total. The molecule has 0 amide bonds. The molecule has 0 atom stereocenters. The van der Waals surface area contributed by atoms with Crippen LogP contribution in [0.2, 0.25) is 0 Å². The number of aliphatic hydroxyl groups is 1. The Morgan fingerprint density at radius 1 is 0.403 bits per heavy atom. The van der Waals surface area contributed by atoms with Crippen LogP contribution in [0.5, 0.6) is 0 Å². The summed E-state index contributed by atoms with van der Waals surface area (Å²) in [7, 11) is 6.96.